The fourth-order valence-electron chi connectivity index (χ4n) is 5.36. The average molecular weight is 661 g/mol. The number of amides is 1. The Morgan fingerprint density at radius 1 is 0.891 bits per heavy atom. The predicted octanol–water partition coefficient (Wildman–Crippen LogP) is 4.45. The number of aliphatic carboxylic acids is 2. The number of aromatic nitrogens is 3. The number of nitrogens with zero attached hydrogens (tertiary/aromatic N) is 6. The van der Waals surface area contributed by atoms with Crippen LogP contribution in [0.3, 0.4) is 0 Å². The van der Waals surface area contributed by atoms with Crippen molar-refractivity contribution in [2.75, 3.05) is 44.2 Å². The van der Waals surface area contributed by atoms with Gasteiger partial charge in [-0.15, -0.1) is 0 Å². The molecule has 1 atom stereocenters. The molecule has 3 aromatic heterocycles. The number of carboxylic acids is 2. The van der Waals surface area contributed by atoms with Crippen molar-refractivity contribution in [2.45, 2.75) is 44.1 Å². The van der Waals surface area contributed by atoms with Crippen molar-refractivity contribution < 1.29 is 50.9 Å². The van der Waals surface area contributed by atoms with Crippen molar-refractivity contribution in [2.24, 2.45) is 13.0 Å². The highest BCUT2D eigenvalue weighted by atomic mass is 19.4. The van der Waals surface area contributed by atoms with Crippen molar-refractivity contribution in [1.29, 1.82) is 0 Å². The van der Waals surface area contributed by atoms with E-state index in [1.165, 1.54) is 31.5 Å². The number of aryl methyl sites for hydroxylation is 1. The standard InChI is InChI=1S/C25H32N6O.2C2HF3O2/c1-27-11-5-6-21(27)25(32)30-15-14-29(16-19-9-10-19)22(18-30)20-17-31-23(26-20)7-4-8-24(31)28-12-2-3-13-28;2*3-2(4,5)1(6)7/h4-8,11,17,19,22H,2-3,9-10,12-16,18H2,1H3;2*(H,6,7). The first-order valence-electron chi connectivity index (χ1n) is 14.5. The second kappa shape index (κ2) is 14.0. The second-order valence-electron chi connectivity index (χ2n) is 11.3. The molecule has 0 aromatic carbocycles. The molecule has 3 aliphatic rings. The fraction of sp³-hybridized carbons (Fsp3) is 0.517. The molecule has 252 valence electrons. The molecule has 0 spiro atoms. The number of hydrogen-bond donors (Lipinski definition) is 2. The first kappa shape index (κ1) is 34.6. The first-order valence-corrected chi connectivity index (χ1v) is 14.5. The van der Waals surface area contributed by atoms with Gasteiger partial charge >= 0.3 is 24.3 Å². The van der Waals surface area contributed by atoms with Crippen molar-refractivity contribution in [3.63, 3.8) is 0 Å². The average Bonchev–Trinajstić information content (AvgIpc) is 3.34. The Hall–Kier alpha value is -4.28. The van der Waals surface area contributed by atoms with E-state index in [1.54, 1.807) is 0 Å². The molecule has 2 aliphatic heterocycles. The SMILES string of the molecule is Cn1cccc1C(=O)N1CCN(CC2CC2)C(c2cn3c(N4CCCC4)cccc3n2)C1.O=C(O)C(F)(F)F.O=C(O)C(F)(F)F. The van der Waals surface area contributed by atoms with E-state index in [4.69, 9.17) is 24.8 Å². The molecule has 46 heavy (non-hydrogen) atoms. The number of pyridine rings is 1. The Morgan fingerprint density at radius 3 is 2.02 bits per heavy atom. The van der Waals surface area contributed by atoms with Gasteiger partial charge in [0, 0.05) is 58.7 Å². The lowest BCUT2D eigenvalue weighted by Gasteiger charge is -2.41. The fourth-order valence-corrected chi connectivity index (χ4v) is 5.36. The summed E-state index contributed by atoms with van der Waals surface area (Å²) in [6, 6.07) is 10.4. The van der Waals surface area contributed by atoms with Gasteiger partial charge in [0.1, 0.15) is 17.2 Å². The number of carbonyl (C=O) groups excluding carboxylic acids is 1. The van der Waals surface area contributed by atoms with E-state index in [0.717, 1.165) is 55.7 Å². The Morgan fingerprint density at radius 2 is 1.50 bits per heavy atom. The van der Waals surface area contributed by atoms with Crippen molar-refractivity contribution in [3.8, 4) is 0 Å². The van der Waals surface area contributed by atoms with Gasteiger partial charge in [-0.2, -0.15) is 26.3 Å². The van der Waals surface area contributed by atoms with Gasteiger partial charge < -0.3 is 24.6 Å². The zero-order chi connectivity index (χ0) is 33.8. The van der Waals surface area contributed by atoms with Gasteiger partial charge in [0.15, 0.2) is 0 Å². The van der Waals surface area contributed by atoms with E-state index < -0.39 is 24.3 Å². The lowest BCUT2D eigenvalue weighted by Crippen LogP contribution is -2.51. The molecular formula is C29H34F6N6O5. The molecular weight excluding hydrogens is 626 g/mol. The molecule has 17 heteroatoms. The maximum atomic E-state index is 13.3. The van der Waals surface area contributed by atoms with Gasteiger partial charge in [0.05, 0.1) is 11.7 Å². The van der Waals surface area contributed by atoms with E-state index in [1.807, 2.05) is 34.8 Å². The Kier molecular flexibility index (Phi) is 10.5. The van der Waals surface area contributed by atoms with Crippen LogP contribution in [-0.2, 0) is 16.6 Å². The number of rotatable bonds is 5. The number of imidazole rings is 1. The van der Waals surface area contributed by atoms with Crippen LogP contribution < -0.4 is 4.90 Å². The summed E-state index contributed by atoms with van der Waals surface area (Å²) in [7, 11) is 1.94. The number of carbonyl (C=O) groups is 3. The predicted molar refractivity (Wildman–Crippen MR) is 152 cm³/mol. The molecule has 1 unspecified atom stereocenters. The van der Waals surface area contributed by atoms with Crippen LogP contribution in [0, 0.1) is 5.92 Å². The molecule has 3 aromatic rings. The van der Waals surface area contributed by atoms with Crippen LogP contribution >= 0.6 is 0 Å². The van der Waals surface area contributed by atoms with Crippen LogP contribution in [0.15, 0.2) is 42.7 Å². The summed E-state index contributed by atoms with van der Waals surface area (Å²) in [5.74, 6) is -3.35. The van der Waals surface area contributed by atoms with Gasteiger partial charge in [-0.1, -0.05) is 6.07 Å². The lowest BCUT2D eigenvalue weighted by atomic mass is 10.1. The smallest absolute Gasteiger partial charge is 0.475 e. The third kappa shape index (κ3) is 8.70. The monoisotopic (exact) mass is 660 g/mol. The molecule has 1 aliphatic carbocycles. The maximum absolute atomic E-state index is 13.3. The number of carboxylic acid groups (broad SMARTS) is 2. The molecule has 1 saturated carbocycles. The minimum atomic E-state index is -5.08. The van der Waals surface area contributed by atoms with E-state index >= 15 is 0 Å². The van der Waals surface area contributed by atoms with Crippen molar-refractivity contribution in [1.82, 2.24) is 23.8 Å². The zero-order valence-corrected chi connectivity index (χ0v) is 24.8. The van der Waals surface area contributed by atoms with E-state index in [2.05, 4.69) is 38.6 Å². The minimum absolute atomic E-state index is 0.120. The Bertz CT molecular complexity index is 1500. The van der Waals surface area contributed by atoms with Crippen LogP contribution in [0.5, 0.6) is 0 Å². The summed E-state index contributed by atoms with van der Waals surface area (Å²) >= 11 is 0. The van der Waals surface area contributed by atoms with Gasteiger partial charge in [-0.25, -0.2) is 14.6 Å². The molecule has 6 rings (SSSR count). The number of anilines is 1. The Balaban J connectivity index is 0.000000289. The van der Waals surface area contributed by atoms with Crippen molar-refractivity contribution >= 4 is 29.3 Å². The van der Waals surface area contributed by atoms with Gasteiger partial charge in [0.2, 0.25) is 0 Å². The summed E-state index contributed by atoms with van der Waals surface area (Å²) < 4.78 is 67.6. The quantitative estimate of drug-likeness (QED) is 0.385. The number of alkyl halides is 6. The summed E-state index contributed by atoms with van der Waals surface area (Å²) in [5, 5.41) is 14.2. The molecule has 0 radical (unpaired) electrons. The lowest BCUT2D eigenvalue weighted by molar-refractivity contribution is -0.193. The minimum Gasteiger partial charge on any atom is -0.475 e. The molecule has 2 saturated heterocycles. The van der Waals surface area contributed by atoms with E-state index in [-0.39, 0.29) is 11.9 Å². The number of halogens is 6. The summed E-state index contributed by atoms with van der Waals surface area (Å²) in [5.41, 5.74) is 2.84. The number of piperazine rings is 1. The van der Waals surface area contributed by atoms with Gasteiger partial charge in [-0.05, 0) is 55.9 Å². The van der Waals surface area contributed by atoms with Gasteiger partial charge in [0.25, 0.3) is 5.91 Å². The van der Waals surface area contributed by atoms with Crippen molar-refractivity contribution in [3.05, 3.63) is 54.1 Å². The van der Waals surface area contributed by atoms with Crippen LogP contribution in [0.1, 0.15) is 47.9 Å². The second-order valence-corrected chi connectivity index (χ2v) is 11.3. The highest BCUT2D eigenvalue weighted by Crippen LogP contribution is 2.35. The normalized spacial score (nSPS) is 18.9. The molecule has 2 N–H and O–H groups in total. The third-order valence-corrected chi connectivity index (χ3v) is 7.88. The molecule has 3 fully saturated rings. The Labute approximate surface area is 259 Å². The molecule has 11 nitrogen and oxygen atoms in total. The van der Waals surface area contributed by atoms with Gasteiger partial charge in [-0.3, -0.25) is 14.1 Å². The number of fused-ring (bicyclic) bond motifs is 1. The summed E-state index contributed by atoms with van der Waals surface area (Å²) in [6.45, 7) is 5.72. The zero-order valence-electron chi connectivity index (χ0n) is 24.8. The maximum Gasteiger partial charge on any atom is 0.490 e. The topological polar surface area (TPSA) is 124 Å². The van der Waals surface area contributed by atoms with Crippen LogP contribution in [0.4, 0.5) is 32.2 Å². The first-order chi connectivity index (χ1) is 21.6. The highest BCUT2D eigenvalue weighted by molar-refractivity contribution is 5.92. The van der Waals surface area contributed by atoms with Crippen LogP contribution in [0.25, 0.3) is 5.65 Å². The highest BCUT2D eigenvalue weighted by Gasteiger charge is 2.39. The van der Waals surface area contributed by atoms with E-state index in [9.17, 15) is 31.1 Å². The third-order valence-electron chi connectivity index (χ3n) is 7.88. The van der Waals surface area contributed by atoms with Crippen LogP contribution in [0.2, 0.25) is 0 Å². The molecule has 1 amide bonds. The largest absolute Gasteiger partial charge is 0.490 e. The van der Waals surface area contributed by atoms with E-state index in [0.29, 0.717) is 6.54 Å². The summed E-state index contributed by atoms with van der Waals surface area (Å²) in [4.78, 5) is 43.2. The summed E-state index contributed by atoms with van der Waals surface area (Å²) in [6.07, 6.45) is -0.822. The molecule has 5 heterocycles. The molecule has 0 bridgehead atoms. The number of hydrogen-bond acceptors (Lipinski definition) is 6. The van der Waals surface area contributed by atoms with Crippen LogP contribution in [-0.4, -0.2) is 103 Å².